The van der Waals surface area contributed by atoms with Gasteiger partial charge in [-0.3, -0.25) is 0 Å². The Balaban J connectivity index is 0.00000144. The summed E-state index contributed by atoms with van der Waals surface area (Å²) in [5, 5.41) is 3.09. The van der Waals surface area contributed by atoms with Crippen LogP contribution in [0.25, 0.3) is 0 Å². The molecule has 2 aromatic rings. The van der Waals surface area contributed by atoms with Gasteiger partial charge in [-0.05, 0) is 12.0 Å². The van der Waals surface area contributed by atoms with Gasteiger partial charge in [0.2, 0.25) is 11.9 Å². The van der Waals surface area contributed by atoms with E-state index < -0.39 is 0 Å². The van der Waals surface area contributed by atoms with E-state index in [-0.39, 0.29) is 18.4 Å². The summed E-state index contributed by atoms with van der Waals surface area (Å²) >= 11 is 0. The highest BCUT2D eigenvalue weighted by atomic mass is 35.5. The molecule has 0 atom stereocenters. The lowest BCUT2D eigenvalue weighted by Gasteiger charge is -2.04. The molecule has 0 amide bonds. The third-order valence-electron chi connectivity index (χ3n) is 2.13. The van der Waals surface area contributed by atoms with Crippen LogP contribution in [0.1, 0.15) is 5.56 Å². The van der Waals surface area contributed by atoms with Crippen molar-refractivity contribution in [3.05, 3.63) is 42.2 Å². The Bertz CT molecular complexity index is 449. The molecular weight excluding hydrogens is 238 g/mol. The van der Waals surface area contributed by atoms with Gasteiger partial charge in [0.25, 0.3) is 0 Å². The Labute approximate surface area is 106 Å². The summed E-state index contributed by atoms with van der Waals surface area (Å²) in [5.74, 6) is 0.751. The van der Waals surface area contributed by atoms with Gasteiger partial charge < -0.3 is 11.1 Å². The fourth-order valence-electron chi connectivity index (χ4n) is 1.36. The molecule has 0 unspecified atom stereocenters. The number of nitrogens with zero attached hydrogens (tertiary/aromatic N) is 3. The first-order valence-corrected chi connectivity index (χ1v) is 5.07. The molecular formula is C11H14ClN5. The molecule has 0 saturated heterocycles. The molecule has 0 aliphatic rings. The van der Waals surface area contributed by atoms with Crippen molar-refractivity contribution in [2.24, 2.45) is 0 Å². The summed E-state index contributed by atoms with van der Waals surface area (Å²) in [4.78, 5) is 11.6. The number of benzene rings is 1. The first kappa shape index (κ1) is 13.2. The number of nitrogens with two attached hydrogens (primary N) is 1. The van der Waals surface area contributed by atoms with Crippen molar-refractivity contribution in [1.82, 2.24) is 15.0 Å². The van der Waals surface area contributed by atoms with Gasteiger partial charge in [0, 0.05) is 6.54 Å². The highest BCUT2D eigenvalue weighted by molar-refractivity contribution is 5.85. The minimum Gasteiger partial charge on any atom is -0.368 e. The Hall–Kier alpha value is -1.88. The molecule has 0 fully saturated rings. The van der Waals surface area contributed by atoms with Gasteiger partial charge in [0.05, 0.1) is 0 Å². The zero-order chi connectivity index (χ0) is 11.2. The first-order chi connectivity index (χ1) is 7.84. The molecule has 5 nitrogen and oxygen atoms in total. The number of hydrogen-bond donors (Lipinski definition) is 2. The van der Waals surface area contributed by atoms with E-state index in [0.29, 0.717) is 5.95 Å². The molecule has 6 heteroatoms. The zero-order valence-electron chi connectivity index (χ0n) is 9.21. The maximum atomic E-state index is 5.44. The van der Waals surface area contributed by atoms with Crippen molar-refractivity contribution in [3.63, 3.8) is 0 Å². The van der Waals surface area contributed by atoms with E-state index in [1.165, 1.54) is 11.9 Å². The minimum atomic E-state index is 0. The quantitative estimate of drug-likeness (QED) is 0.862. The second-order valence-corrected chi connectivity index (χ2v) is 3.33. The van der Waals surface area contributed by atoms with Gasteiger partial charge in [-0.2, -0.15) is 4.98 Å². The Morgan fingerprint density at radius 1 is 1.12 bits per heavy atom. The third-order valence-corrected chi connectivity index (χ3v) is 2.13. The normalized spacial score (nSPS) is 9.41. The smallest absolute Gasteiger partial charge is 0.227 e. The molecule has 0 radical (unpaired) electrons. The molecule has 3 N–H and O–H groups in total. The summed E-state index contributed by atoms with van der Waals surface area (Å²) < 4.78 is 0. The molecule has 1 aromatic heterocycles. The van der Waals surface area contributed by atoms with E-state index in [2.05, 4.69) is 32.4 Å². The highest BCUT2D eigenvalue weighted by Crippen LogP contribution is 2.01. The number of hydrogen-bond acceptors (Lipinski definition) is 5. The van der Waals surface area contributed by atoms with Crippen LogP contribution in [0.3, 0.4) is 0 Å². The average molecular weight is 252 g/mol. The number of nitrogens with one attached hydrogen (secondary N) is 1. The van der Waals surface area contributed by atoms with Crippen LogP contribution in [-0.4, -0.2) is 21.5 Å². The number of aromatic nitrogens is 3. The summed E-state index contributed by atoms with van der Waals surface area (Å²) in [6.07, 6.45) is 2.32. The van der Waals surface area contributed by atoms with Crippen molar-refractivity contribution in [2.75, 3.05) is 17.6 Å². The first-order valence-electron chi connectivity index (χ1n) is 5.07. The van der Waals surface area contributed by atoms with Gasteiger partial charge in [-0.15, -0.1) is 12.4 Å². The van der Waals surface area contributed by atoms with Crippen LogP contribution in [0.4, 0.5) is 11.9 Å². The molecule has 1 aromatic carbocycles. The summed E-state index contributed by atoms with van der Waals surface area (Å²) in [5.41, 5.74) is 6.71. The monoisotopic (exact) mass is 251 g/mol. The van der Waals surface area contributed by atoms with Gasteiger partial charge in [0.1, 0.15) is 6.33 Å². The minimum absolute atomic E-state index is 0. The van der Waals surface area contributed by atoms with Crippen LogP contribution in [0.15, 0.2) is 36.7 Å². The van der Waals surface area contributed by atoms with Gasteiger partial charge in [-0.1, -0.05) is 30.3 Å². The number of anilines is 2. The van der Waals surface area contributed by atoms with Crippen molar-refractivity contribution in [2.45, 2.75) is 6.42 Å². The lowest BCUT2D eigenvalue weighted by Crippen LogP contribution is -2.09. The second-order valence-electron chi connectivity index (χ2n) is 3.33. The zero-order valence-corrected chi connectivity index (χ0v) is 10.0. The predicted octanol–water partition coefficient (Wildman–Crippen LogP) is 1.53. The molecule has 0 bridgehead atoms. The fourth-order valence-corrected chi connectivity index (χ4v) is 1.36. The molecule has 17 heavy (non-hydrogen) atoms. The van der Waals surface area contributed by atoms with E-state index in [0.717, 1.165) is 13.0 Å². The standard InChI is InChI=1S/C11H13N5.ClH/c12-10-14-8-15-11(16-10)13-7-6-9-4-2-1-3-5-9;/h1-5,8H,6-7H2,(H3,12,13,14,15,16);1H. The SMILES string of the molecule is Cl.Nc1ncnc(NCCc2ccccc2)n1. The lowest BCUT2D eigenvalue weighted by atomic mass is 10.1. The second kappa shape index (κ2) is 6.65. The van der Waals surface area contributed by atoms with Gasteiger partial charge >= 0.3 is 0 Å². The van der Waals surface area contributed by atoms with E-state index in [4.69, 9.17) is 5.73 Å². The van der Waals surface area contributed by atoms with Crippen LogP contribution in [0.2, 0.25) is 0 Å². The van der Waals surface area contributed by atoms with E-state index in [1.54, 1.807) is 0 Å². The fraction of sp³-hybridized carbons (Fsp3) is 0.182. The lowest BCUT2D eigenvalue weighted by molar-refractivity contribution is 0.967. The van der Waals surface area contributed by atoms with Crippen LogP contribution >= 0.6 is 12.4 Å². The maximum Gasteiger partial charge on any atom is 0.227 e. The van der Waals surface area contributed by atoms with E-state index >= 15 is 0 Å². The Morgan fingerprint density at radius 3 is 2.59 bits per heavy atom. The molecule has 2 rings (SSSR count). The summed E-state index contributed by atoms with van der Waals surface area (Å²) in [6, 6.07) is 10.2. The predicted molar refractivity (Wildman–Crippen MR) is 70.1 cm³/mol. The molecule has 0 saturated carbocycles. The van der Waals surface area contributed by atoms with Gasteiger partial charge in [-0.25, -0.2) is 9.97 Å². The molecule has 90 valence electrons. The largest absolute Gasteiger partial charge is 0.368 e. The molecule has 0 spiro atoms. The third kappa shape index (κ3) is 4.24. The molecule has 0 aliphatic carbocycles. The van der Waals surface area contributed by atoms with Crippen molar-refractivity contribution in [3.8, 4) is 0 Å². The summed E-state index contributed by atoms with van der Waals surface area (Å²) in [7, 11) is 0. The summed E-state index contributed by atoms with van der Waals surface area (Å²) in [6.45, 7) is 0.771. The Morgan fingerprint density at radius 2 is 1.88 bits per heavy atom. The van der Waals surface area contributed by atoms with Crippen molar-refractivity contribution in [1.29, 1.82) is 0 Å². The van der Waals surface area contributed by atoms with Crippen LogP contribution in [0.5, 0.6) is 0 Å². The number of rotatable bonds is 4. The maximum absolute atomic E-state index is 5.44. The number of nitrogen functional groups attached to an aromatic ring is 1. The number of halogens is 1. The Kier molecular flexibility index (Phi) is 5.16. The highest BCUT2D eigenvalue weighted by Gasteiger charge is 1.96. The van der Waals surface area contributed by atoms with Crippen molar-refractivity contribution >= 4 is 24.3 Å². The molecule has 0 aliphatic heterocycles. The van der Waals surface area contributed by atoms with E-state index in [9.17, 15) is 0 Å². The van der Waals surface area contributed by atoms with Crippen LogP contribution in [-0.2, 0) is 6.42 Å². The van der Waals surface area contributed by atoms with Gasteiger partial charge in [0.15, 0.2) is 0 Å². The average Bonchev–Trinajstić information content (AvgIpc) is 2.30. The van der Waals surface area contributed by atoms with Crippen LogP contribution in [0, 0.1) is 0 Å². The topological polar surface area (TPSA) is 76.7 Å². The van der Waals surface area contributed by atoms with Crippen LogP contribution < -0.4 is 11.1 Å². The molecule has 1 heterocycles. The van der Waals surface area contributed by atoms with Crippen molar-refractivity contribution < 1.29 is 0 Å². The van der Waals surface area contributed by atoms with E-state index in [1.807, 2.05) is 18.2 Å².